The van der Waals surface area contributed by atoms with Crippen LogP contribution < -0.4 is 4.98 Å². The fourth-order valence-electron chi connectivity index (χ4n) is 2.54. The van der Waals surface area contributed by atoms with Crippen LogP contribution >= 0.6 is 0 Å². The minimum atomic E-state index is 0. The number of aromatic nitrogens is 5. The molecule has 139 valence electrons. The number of nitrogens with zero attached hydrogens (tertiary/aromatic N) is 5. The molecule has 0 saturated carbocycles. The van der Waals surface area contributed by atoms with E-state index in [1.165, 1.54) is 0 Å². The van der Waals surface area contributed by atoms with Crippen molar-refractivity contribution in [3.05, 3.63) is 97.5 Å². The zero-order valence-corrected chi connectivity index (χ0v) is 17.2. The van der Waals surface area contributed by atoms with Crippen LogP contribution in [0.2, 0.25) is 0 Å². The third-order valence-corrected chi connectivity index (χ3v) is 3.82. The maximum Gasteiger partial charge on any atom is 0.0886 e. The zero-order valence-electron chi connectivity index (χ0n) is 14.8. The Kier molecular flexibility index (Phi) is 6.73. The Morgan fingerprint density at radius 1 is 0.536 bits per heavy atom. The van der Waals surface area contributed by atoms with Crippen LogP contribution in [0.1, 0.15) is 0 Å². The Labute approximate surface area is 176 Å². The molecule has 5 rings (SSSR count). The third kappa shape index (κ3) is 4.74. The van der Waals surface area contributed by atoms with Gasteiger partial charge in [0.1, 0.15) is 0 Å². The molecule has 1 radical (unpaired) electrons. The Morgan fingerprint density at radius 2 is 1.04 bits per heavy atom. The van der Waals surface area contributed by atoms with Crippen molar-refractivity contribution in [3.8, 4) is 22.9 Å². The first-order valence-corrected chi connectivity index (χ1v) is 8.53. The summed E-state index contributed by atoms with van der Waals surface area (Å²) in [5, 5.41) is 0. The van der Waals surface area contributed by atoms with Gasteiger partial charge in [-0.25, -0.2) is 0 Å². The zero-order chi connectivity index (χ0) is 18.3. The number of hydrogen-bond donors (Lipinski definition) is 0. The molecule has 0 unspecified atom stereocenters. The molecular weight excluding hydrogens is 526 g/mol. The molecule has 0 bridgehead atoms. The van der Waals surface area contributed by atoms with E-state index in [4.69, 9.17) is 0 Å². The molecule has 0 aliphatic carbocycles. The van der Waals surface area contributed by atoms with Crippen molar-refractivity contribution in [2.45, 2.75) is 0 Å². The molecular formula is C22H16IrN5-. The number of pyridine rings is 3. The summed E-state index contributed by atoms with van der Waals surface area (Å²) in [6.45, 7) is 0. The Bertz CT molecular complexity index is 1040. The second-order valence-corrected chi connectivity index (χ2v) is 5.68. The molecule has 6 heteroatoms. The summed E-state index contributed by atoms with van der Waals surface area (Å²) >= 11 is 0. The van der Waals surface area contributed by atoms with E-state index in [0.717, 1.165) is 28.1 Å². The number of benzene rings is 1. The summed E-state index contributed by atoms with van der Waals surface area (Å²) in [7, 11) is 0. The molecule has 0 aliphatic heterocycles. The van der Waals surface area contributed by atoms with Crippen molar-refractivity contribution in [1.29, 1.82) is 0 Å². The predicted octanol–water partition coefficient (Wildman–Crippen LogP) is 4.40. The Morgan fingerprint density at radius 3 is 1.54 bits per heavy atom. The maximum absolute atomic E-state index is 4.41. The molecule has 4 heterocycles. The van der Waals surface area contributed by atoms with Crippen LogP contribution in [0.15, 0.2) is 97.5 Å². The van der Waals surface area contributed by atoms with Gasteiger partial charge in [0, 0.05) is 38.7 Å². The second kappa shape index (κ2) is 9.65. The molecule has 0 amide bonds. The predicted molar refractivity (Wildman–Crippen MR) is 106 cm³/mol. The van der Waals surface area contributed by atoms with Gasteiger partial charge in [0.25, 0.3) is 0 Å². The van der Waals surface area contributed by atoms with Gasteiger partial charge >= 0.3 is 0 Å². The minimum Gasteiger partial charge on any atom is -0.434 e. The summed E-state index contributed by atoms with van der Waals surface area (Å²) in [5.41, 5.74) is 4.47. The molecule has 0 atom stereocenters. The molecule has 0 saturated heterocycles. The summed E-state index contributed by atoms with van der Waals surface area (Å²) in [4.78, 5) is 21.4. The van der Waals surface area contributed by atoms with Gasteiger partial charge in [-0.1, -0.05) is 42.5 Å². The summed E-state index contributed by atoms with van der Waals surface area (Å²) in [5.74, 6) is 0.691. The van der Waals surface area contributed by atoms with E-state index in [1.54, 1.807) is 18.6 Å². The summed E-state index contributed by atoms with van der Waals surface area (Å²) in [6, 6.07) is 25.1. The van der Waals surface area contributed by atoms with E-state index >= 15 is 0 Å². The van der Waals surface area contributed by atoms with Crippen LogP contribution in [0.25, 0.3) is 33.9 Å². The maximum atomic E-state index is 4.41. The van der Waals surface area contributed by atoms with Gasteiger partial charge in [0.05, 0.1) is 17.1 Å². The normalized spacial score (nSPS) is 9.86. The fourth-order valence-corrected chi connectivity index (χ4v) is 2.54. The average Bonchev–Trinajstić information content (AvgIpc) is 3.21. The van der Waals surface area contributed by atoms with Crippen molar-refractivity contribution in [2.75, 3.05) is 0 Å². The van der Waals surface area contributed by atoms with Gasteiger partial charge in [0.2, 0.25) is 0 Å². The summed E-state index contributed by atoms with van der Waals surface area (Å²) < 4.78 is 0. The number of imidazole rings is 1. The van der Waals surface area contributed by atoms with Crippen LogP contribution in [0.3, 0.4) is 0 Å². The molecule has 0 aliphatic rings. The van der Waals surface area contributed by atoms with Gasteiger partial charge < -0.3 is 9.97 Å². The molecule has 4 aromatic heterocycles. The molecule has 1 aromatic carbocycles. The number of rotatable bonds is 2. The van der Waals surface area contributed by atoms with Gasteiger partial charge in [-0.3, -0.25) is 15.0 Å². The van der Waals surface area contributed by atoms with Crippen molar-refractivity contribution >= 4 is 11.0 Å². The van der Waals surface area contributed by atoms with Gasteiger partial charge in [-0.05, 0) is 53.3 Å². The first-order chi connectivity index (χ1) is 13.4. The third-order valence-electron chi connectivity index (χ3n) is 3.82. The quantitative estimate of drug-likeness (QED) is 0.331. The number of para-hydroxylation sites is 2. The first kappa shape index (κ1) is 19.5. The van der Waals surface area contributed by atoms with Crippen LogP contribution in [0.4, 0.5) is 0 Å². The standard InChI is InChI=1S/C12H8N3.C10H8N2.Ir/c1-2-6-10-9(5-1)14-12(15-10)11-7-3-4-8-13-11;1-3-7-11-9(5-1)10-6-2-4-8-12-10;/h1-8H;1-8H;/q-1;;. The number of hydrogen-bond acceptors (Lipinski definition) is 4. The second-order valence-electron chi connectivity index (χ2n) is 5.68. The molecule has 0 spiro atoms. The first-order valence-electron chi connectivity index (χ1n) is 8.53. The Hall–Kier alpha value is -3.21. The van der Waals surface area contributed by atoms with E-state index < -0.39 is 0 Å². The fraction of sp³-hybridized carbons (Fsp3) is 0. The number of fused-ring (bicyclic) bond motifs is 1. The molecule has 5 nitrogen and oxygen atoms in total. The largest absolute Gasteiger partial charge is 0.434 e. The van der Waals surface area contributed by atoms with Crippen LogP contribution in [-0.4, -0.2) is 19.9 Å². The van der Waals surface area contributed by atoms with E-state index in [0.29, 0.717) is 5.82 Å². The average molecular weight is 543 g/mol. The molecule has 0 fully saturated rings. The van der Waals surface area contributed by atoms with Gasteiger partial charge in [-0.15, -0.1) is 0 Å². The van der Waals surface area contributed by atoms with E-state index in [-0.39, 0.29) is 20.1 Å². The van der Waals surface area contributed by atoms with Crippen LogP contribution in [0.5, 0.6) is 0 Å². The van der Waals surface area contributed by atoms with Crippen molar-refractivity contribution in [1.82, 2.24) is 24.9 Å². The smallest absolute Gasteiger partial charge is 0.0886 e. The van der Waals surface area contributed by atoms with Crippen molar-refractivity contribution in [2.24, 2.45) is 0 Å². The van der Waals surface area contributed by atoms with Crippen molar-refractivity contribution in [3.63, 3.8) is 0 Å². The van der Waals surface area contributed by atoms with Gasteiger partial charge in [-0.2, -0.15) is 0 Å². The molecule has 0 N–H and O–H groups in total. The van der Waals surface area contributed by atoms with E-state index in [1.807, 2.05) is 78.9 Å². The summed E-state index contributed by atoms with van der Waals surface area (Å²) in [6.07, 6.45) is 5.28. The SMILES string of the molecule is [Ir].c1ccc(-c2ccccn2)nc1.c1ccc(-c2nc3ccccc3[n-]2)nc1. The minimum absolute atomic E-state index is 0. The molecule has 28 heavy (non-hydrogen) atoms. The Balaban J connectivity index is 0.000000159. The van der Waals surface area contributed by atoms with E-state index in [2.05, 4.69) is 24.9 Å². The topological polar surface area (TPSA) is 65.7 Å². The van der Waals surface area contributed by atoms with E-state index in [9.17, 15) is 0 Å². The van der Waals surface area contributed by atoms with Crippen LogP contribution in [0, 0.1) is 0 Å². The monoisotopic (exact) mass is 543 g/mol. The van der Waals surface area contributed by atoms with Gasteiger partial charge in [0.15, 0.2) is 0 Å². The van der Waals surface area contributed by atoms with Crippen molar-refractivity contribution < 1.29 is 20.1 Å². The molecule has 5 aromatic rings. The van der Waals surface area contributed by atoms with Crippen LogP contribution in [-0.2, 0) is 20.1 Å².